The van der Waals surface area contributed by atoms with Crippen molar-refractivity contribution >= 4 is 38.5 Å². The highest BCUT2D eigenvalue weighted by atomic mass is 32.2. The minimum atomic E-state index is -3.72. The van der Waals surface area contributed by atoms with Crippen molar-refractivity contribution in [3.05, 3.63) is 50.7 Å². The van der Waals surface area contributed by atoms with Crippen LogP contribution in [0.4, 0.5) is 11.4 Å². The number of benzene rings is 1. The molecule has 1 aromatic heterocycles. The summed E-state index contributed by atoms with van der Waals surface area (Å²) in [6.45, 7) is 0.667. The summed E-state index contributed by atoms with van der Waals surface area (Å²) in [6, 6.07) is 7.27. The summed E-state index contributed by atoms with van der Waals surface area (Å²) in [6.07, 6.45) is 0.917. The highest BCUT2D eigenvalue weighted by molar-refractivity contribution is 7.90. The molecular weight excluding hydrogens is 354 g/mol. The van der Waals surface area contributed by atoms with E-state index in [9.17, 15) is 23.3 Å². The number of carbonyl (C=O) groups is 1. The molecule has 0 fully saturated rings. The van der Waals surface area contributed by atoms with Gasteiger partial charge in [0.2, 0.25) is 0 Å². The van der Waals surface area contributed by atoms with Gasteiger partial charge in [-0.25, -0.2) is 8.42 Å². The molecule has 2 rings (SSSR count). The Bertz CT molecular complexity index is 847. The van der Waals surface area contributed by atoms with Crippen molar-refractivity contribution in [2.75, 3.05) is 24.7 Å². The number of nitro benzene ring substituents is 1. The van der Waals surface area contributed by atoms with Gasteiger partial charge in [-0.05, 0) is 23.6 Å². The highest BCUT2D eigenvalue weighted by Crippen LogP contribution is 2.26. The lowest BCUT2D eigenvalue weighted by atomic mass is 10.3. The highest BCUT2D eigenvalue weighted by Gasteiger charge is 2.22. The van der Waals surface area contributed by atoms with Crippen LogP contribution in [-0.2, 0) is 9.84 Å². The molecule has 0 spiro atoms. The zero-order chi connectivity index (χ0) is 17.7. The lowest BCUT2D eigenvalue weighted by Gasteiger charge is -2.09. The zero-order valence-electron chi connectivity index (χ0n) is 12.7. The summed E-state index contributed by atoms with van der Waals surface area (Å²) in [4.78, 5) is 22.2. The Hall–Kier alpha value is -2.46. The minimum Gasteiger partial charge on any atom is -0.383 e. The van der Waals surface area contributed by atoms with E-state index in [0.717, 1.165) is 12.3 Å². The first-order valence-corrected chi connectivity index (χ1v) is 9.60. The Morgan fingerprint density at radius 2 is 2.04 bits per heavy atom. The van der Waals surface area contributed by atoms with Gasteiger partial charge in [-0.2, -0.15) is 0 Å². The van der Waals surface area contributed by atoms with E-state index >= 15 is 0 Å². The summed E-state index contributed by atoms with van der Waals surface area (Å²) < 4.78 is 23.3. The van der Waals surface area contributed by atoms with Crippen molar-refractivity contribution in [3.8, 4) is 0 Å². The predicted molar refractivity (Wildman–Crippen MR) is 91.3 cm³/mol. The number of rotatable bonds is 7. The van der Waals surface area contributed by atoms with Crippen LogP contribution in [-0.4, -0.2) is 38.6 Å². The largest absolute Gasteiger partial charge is 0.383 e. The van der Waals surface area contributed by atoms with Crippen LogP contribution in [0.1, 0.15) is 9.67 Å². The number of anilines is 1. The molecule has 10 heteroatoms. The van der Waals surface area contributed by atoms with E-state index in [0.29, 0.717) is 23.7 Å². The van der Waals surface area contributed by atoms with Crippen LogP contribution in [0.25, 0.3) is 0 Å². The van der Waals surface area contributed by atoms with E-state index in [2.05, 4.69) is 10.6 Å². The number of nitrogens with zero attached hydrogens (tertiary/aromatic N) is 1. The Labute approximate surface area is 142 Å². The quantitative estimate of drug-likeness (QED) is 0.437. The number of nitrogens with one attached hydrogen (secondary N) is 2. The van der Waals surface area contributed by atoms with E-state index in [4.69, 9.17) is 0 Å². The van der Waals surface area contributed by atoms with E-state index in [1.165, 1.54) is 23.5 Å². The molecule has 24 heavy (non-hydrogen) atoms. The zero-order valence-corrected chi connectivity index (χ0v) is 14.3. The van der Waals surface area contributed by atoms with Crippen LogP contribution in [0.5, 0.6) is 0 Å². The normalized spacial score (nSPS) is 11.0. The molecule has 0 atom stereocenters. The molecular formula is C14H15N3O5S2. The molecule has 0 bridgehead atoms. The van der Waals surface area contributed by atoms with Crippen molar-refractivity contribution in [3.63, 3.8) is 0 Å². The molecule has 2 N–H and O–H groups in total. The van der Waals surface area contributed by atoms with Gasteiger partial charge in [0.1, 0.15) is 4.90 Å². The molecule has 0 aliphatic rings. The molecule has 0 saturated heterocycles. The standard InChI is InChI=1S/C14H15N3O5S2/c1-24(21,22)13-9-10(4-5-11(13)17(19)20)15-6-7-16-14(18)12-3-2-8-23-12/h2-5,8-9,15H,6-7H2,1H3,(H,16,18). The minimum absolute atomic E-state index is 0.188. The molecule has 2 aromatic rings. The molecule has 128 valence electrons. The fourth-order valence-corrected chi connectivity index (χ4v) is 3.45. The first-order chi connectivity index (χ1) is 11.3. The number of thiophene rings is 1. The predicted octanol–water partition coefficient (Wildman–Crippen LogP) is 1.90. The molecule has 0 aliphatic heterocycles. The van der Waals surface area contributed by atoms with Crippen molar-refractivity contribution in [1.29, 1.82) is 0 Å². The van der Waals surface area contributed by atoms with Crippen LogP contribution < -0.4 is 10.6 Å². The number of amides is 1. The maximum atomic E-state index is 11.7. The topological polar surface area (TPSA) is 118 Å². The van der Waals surface area contributed by atoms with Crippen LogP contribution in [0, 0.1) is 10.1 Å². The van der Waals surface area contributed by atoms with Gasteiger partial charge in [0.25, 0.3) is 11.6 Å². The van der Waals surface area contributed by atoms with E-state index in [-0.39, 0.29) is 10.8 Å². The van der Waals surface area contributed by atoms with Crippen molar-refractivity contribution in [2.24, 2.45) is 0 Å². The third kappa shape index (κ3) is 4.52. The second-order valence-electron chi connectivity index (χ2n) is 4.87. The van der Waals surface area contributed by atoms with Crippen LogP contribution in [0.15, 0.2) is 40.6 Å². The second kappa shape index (κ2) is 7.41. The van der Waals surface area contributed by atoms with Crippen molar-refractivity contribution < 1.29 is 18.1 Å². The first kappa shape index (κ1) is 17.9. The third-order valence-electron chi connectivity index (χ3n) is 3.04. The smallest absolute Gasteiger partial charge is 0.288 e. The lowest BCUT2D eigenvalue weighted by Crippen LogP contribution is -2.28. The molecule has 1 amide bonds. The molecule has 0 aliphatic carbocycles. The maximum Gasteiger partial charge on any atom is 0.288 e. The molecule has 1 aromatic carbocycles. The van der Waals surface area contributed by atoms with Crippen molar-refractivity contribution in [2.45, 2.75) is 4.90 Å². The van der Waals surface area contributed by atoms with Gasteiger partial charge in [0, 0.05) is 31.1 Å². The van der Waals surface area contributed by atoms with E-state index < -0.39 is 20.4 Å². The Kier molecular flexibility index (Phi) is 5.52. The van der Waals surface area contributed by atoms with Gasteiger partial charge in [0.15, 0.2) is 9.84 Å². The summed E-state index contributed by atoms with van der Waals surface area (Å²) in [5.74, 6) is -0.188. The molecule has 0 radical (unpaired) electrons. The molecule has 8 nitrogen and oxygen atoms in total. The SMILES string of the molecule is CS(=O)(=O)c1cc(NCCNC(=O)c2cccs2)ccc1[N+](=O)[O-]. The average molecular weight is 369 g/mol. The van der Waals surface area contributed by atoms with Gasteiger partial charge in [-0.15, -0.1) is 11.3 Å². The second-order valence-corrected chi connectivity index (χ2v) is 7.80. The number of sulfone groups is 1. The summed E-state index contributed by atoms with van der Waals surface area (Å²) >= 11 is 1.33. The van der Waals surface area contributed by atoms with Crippen LogP contribution in [0.3, 0.4) is 0 Å². The maximum absolute atomic E-state index is 11.7. The summed E-state index contributed by atoms with van der Waals surface area (Å²) in [5.41, 5.74) is -0.0413. The van der Waals surface area contributed by atoms with Gasteiger partial charge in [-0.3, -0.25) is 14.9 Å². The van der Waals surface area contributed by atoms with Gasteiger partial charge >= 0.3 is 0 Å². The van der Waals surface area contributed by atoms with Gasteiger partial charge in [-0.1, -0.05) is 6.07 Å². The Morgan fingerprint density at radius 3 is 2.62 bits per heavy atom. The van der Waals surface area contributed by atoms with E-state index in [1.54, 1.807) is 17.5 Å². The monoisotopic (exact) mass is 369 g/mol. The molecule has 1 heterocycles. The Balaban J connectivity index is 1.98. The number of carbonyl (C=O) groups excluding carboxylic acids is 1. The average Bonchev–Trinajstić information content (AvgIpc) is 3.04. The first-order valence-electron chi connectivity index (χ1n) is 6.83. The number of nitro groups is 1. The summed E-state index contributed by atoms with van der Waals surface area (Å²) in [5, 5.41) is 18.3. The fraction of sp³-hybridized carbons (Fsp3) is 0.214. The fourth-order valence-electron chi connectivity index (χ4n) is 1.95. The van der Waals surface area contributed by atoms with Gasteiger partial charge < -0.3 is 10.6 Å². The number of hydrogen-bond acceptors (Lipinski definition) is 7. The van der Waals surface area contributed by atoms with E-state index in [1.807, 2.05) is 0 Å². The lowest BCUT2D eigenvalue weighted by molar-refractivity contribution is -0.387. The Morgan fingerprint density at radius 1 is 1.29 bits per heavy atom. The van der Waals surface area contributed by atoms with Gasteiger partial charge in [0.05, 0.1) is 9.80 Å². The third-order valence-corrected chi connectivity index (χ3v) is 5.04. The number of hydrogen-bond donors (Lipinski definition) is 2. The van der Waals surface area contributed by atoms with Crippen LogP contribution >= 0.6 is 11.3 Å². The molecule has 0 unspecified atom stereocenters. The van der Waals surface area contributed by atoms with Crippen LogP contribution in [0.2, 0.25) is 0 Å². The molecule has 0 saturated carbocycles. The van der Waals surface area contributed by atoms with Crippen molar-refractivity contribution in [1.82, 2.24) is 5.32 Å². The summed E-state index contributed by atoms with van der Waals surface area (Å²) in [7, 11) is -3.72.